The lowest BCUT2D eigenvalue weighted by atomic mass is 10.1. The number of thiazole rings is 1. The molecule has 30 heavy (non-hydrogen) atoms. The van der Waals surface area contributed by atoms with Crippen molar-refractivity contribution in [3.05, 3.63) is 63.7 Å². The largest absolute Gasteiger partial charge is 0.573 e. The minimum atomic E-state index is -4.84. The topological polar surface area (TPSA) is 118 Å². The van der Waals surface area contributed by atoms with E-state index < -0.39 is 22.9 Å². The summed E-state index contributed by atoms with van der Waals surface area (Å²) in [6, 6.07) is 10.6. The Morgan fingerprint density at radius 3 is 2.73 bits per heavy atom. The van der Waals surface area contributed by atoms with Crippen LogP contribution in [0.1, 0.15) is 5.56 Å². The molecule has 3 aromatic rings. The van der Waals surface area contributed by atoms with Crippen LogP contribution in [0.15, 0.2) is 48.0 Å². The molecule has 0 aliphatic carbocycles. The second kappa shape index (κ2) is 8.18. The second-order valence-corrected chi connectivity index (χ2v) is 6.70. The van der Waals surface area contributed by atoms with Crippen molar-refractivity contribution in [2.24, 2.45) is 0 Å². The normalized spacial score (nSPS) is 11.7. The van der Waals surface area contributed by atoms with Gasteiger partial charge in [0.05, 0.1) is 15.1 Å². The lowest BCUT2D eigenvalue weighted by molar-refractivity contribution is -0.384. The Kier molecular flexibility index (Phi) is 5.65. The zero-order valence-electron chi connectivity index (χ0n) is 14.6. The van der Waals surface area contributed by atoms with E-state index in [0.29, 0.717) is 10.2 Å². The monoisotopic (exact) mass is 434 g/mol. The van der Waals surface area contributed by atoms with E-state index in [9.17, 15) is 33.3 Å². The fourth-order valence-electron chi connectivity index (χ4n) is 2.36. The van der Waals surface area contributed by atoms with Gasteiger partial charge in [-0.25, -0.2) is 4.98 Å². The molecule has 1 N–H and O–H groups in total. The summed E-state index contributed by atoms with van der Waals surface area (Å²) in [5.74, 6) is -1.25. The third-order valence-electron chi connectivity index (χ3n) is 3.57. The van der Waals surface area contributed by atoms with Crippen LogP contribution in [0.3, 0.4) is 0 Å². The third-order valence-corrected chi connectivity index (χ3v) is 4.50. The highest BCUT2D eigenvalue weighted by molar-refractivity contribution is 7.22. The number of nitrogens with zero attached hydrogens (tertiary/aromatic N) is 3. The Morgan fingerprint density at radius 2 is 2.07 bits per heavy atom. The number of aromatic nitrogens is 1. The van der Waals surface area contributed by atoms with Crippen LogP contribution in [0.4, 0.5) is 24.0 Å². The van der Waals surface area contributed by atoms with E-state index in [-0.39, 0.29) is 22.0 Å². The van der Waals surface area contributed by atoms with Crippen molar-refractivity contribution in [3.8, 4) is 11.8 Å². The summed E-state index contributed by atoms with van der Waals surface area (Å²) >= 11 is 0.890. The van der Waals surface area contributed by atoms with E-state index >= 15 is 0 Å². The number of non-ortho nitro benzene ring substituents is 1. The van der Waals surface area contributed by atoms with Crippen LogP contribution in [-0.2, 0) is 4.79 Å². The van der Waals surface area contributed by atoms with Gasteiger partial charge in [-0.1, -0.05) is 23.5 Å². The Morgan fingerprint density at radius 1 is 1.30 bits per heavy atom. The lowest BCUT2D eigenvalue weighted by Gasteiger charge is -2.07. The molecule has 3 rings (SSSR count). The Hall–Kier alpha value is -3.98. The fourth-order valence-corrected chi connectivity index (χ4v) is 3.25. The molecule has 152 valence electrons. The molecule has 0 saturated carbocycles. The van der Waals surface area contributed by atoms with Crippen LogP contribution in [0.5, 0.6) is 5.75 Å². The van der Waals surface area contributed by atoms with E-state index in [1.807, 2.05) is 0 Å². The number of halogens is 3. The van der Waals surface area contributed by atoms with Crippen LogP contribution >= 0.6 is 11.3 Å². The maximum atomic E-state index is 12.4. The summed E-state index contributed by atoms with van der Waals surface area (Å²) in [6.45, 7) is 0. The third kappa shape index (κ3) is 5.09. The molecule has 0 saturated heterocycles. The summed E-state index contributed by atoms with van der Waals surface area (Å²) in [6.07, 6.45) is -3.67. The predicted molar refractivity (Wildman–Crippen MR) is 102 cm³/mol. The number of nitriles is 1. The van der Waals surface area contributed by atoms with Gasteiger partial charge in [0.25, 0.3) is 11.6 Å². The van der Waals surface area contributed by atoms with Gasteiger partial charge in [-0.05, 0) is 23.8 Å². The molecular weight excluding hydrogens is 425 g/mol. The molecule has 0 spiro atoms. The summed E-state index contributed by atoms with van der Waals surface area (Å²) < 4.78 is 41.2. The zero-order valence-corrected chi connectivity index (χ0v) is 15.5. The van der Waals surface area contributed by atoms with Gasteiger partial charge in [0.2, 0.25) is 0 Å². The number of carbonyl (C=O) groups excluding carboxylic acids is 1. The number of nitro groups is 1. The maximum absolute atomic E-state index is 12.4. The molecule has 0 atom stereocenters. The Bertz CT molecular complexity index is 1210. The maximum Gasteiger partial charge on any atom is 0.573 e. The van der Waals surface area contributed by atoms with Gasteiger partial charge in [-0.3, -0.25) is 20.2 Å². The van der Waals surface area contributed by atoms with Crippen molar-refractivity contribution < 1.29 is 27.6 Å². The van der Waals surface area contributed by atoms with Crippen molar-refractivity contribution in [2.75, 3.05) is 5.32 Å². The van der Waals surface area contributed by atoms with Crippen molar-refractivity contribution in [3.63, 3.8) is 0 Å². The predicted octanol–water partition coefficient (Wildman–Crippen LogP) is 4.65. The zero-order chi connectivity index (χ0) is 21.9. The van der Waals surface area contributed by atoms with Gasteiger partial charge in [0.1, 0.15) is 17.4 Å². The van der Waals surface area contributed by atoms with E-state index in [1.165, 1.54) is 36.4 Å². The second-order valence-electron chi connectivity index (χ2n) is 5.67. The van der Waals surface area contributed by atoms with Crippen LogP contribution < -0.4 is 10.1 Å². The molecule has 0 aliphatic rings. The summed E-state index contributed by atoms with van der Waals surface area (Å²) in [5, 5.41) is 22.5. The highest BCUT2D eigenvalue weighted by Crippen LogP contribution is 2.31. The first-order valence-electron chi connectivity index (χ1n) is 7.98. The molecule has 0 fully saturated rings. The molecule has 1 heterocycles. The van der Waals surface area contributed by atoms with Gasteiger partial charge in [0.15, 0.2) is 5.13 Å². The molecule has 1 amide bonds. The summed E-state index contributed by atoms with van der Waals surface area (Å²) in [4.78, 5) is 26.7. The molecule has 0 unspecified atom stereocenters. The van der Waals surface area contributed by atoms with Crippen LogP contribution in [-0.4, -0.2) is 22.2 Å². The van der Waals surface area contributed by atoms with E-state index in [4.69, 9.17) is 0 Å². The van der Waals surface area contributed by atoms with Crippen LogP contribution in [0, 0.1) is 21.4 Å². The van der Waals surface area contributed by atoms with Crippen molar-refractivity contribution in [1.29, 1.82) is 5.26 Å². The lowest BCUT2D eigenvalue weighted by Crippen LogP contribution is -2.16. The molecule has 0 radical (unpaired) electrons. The van der Waals surface area contributed by atoms with Gasteiger partial charge >= 0.3 is 6.36 Å². The number of alkyl halides is 3. The molecule has 8 nitrogen and oxygen atoms in total. The van der Waals surface area contributed by atoms with Gasteiger partial charge in [-0.15, -0.1) is 13.2 Å². The average Bonchev–Trinajstić information content (AvgIpc) is 3.06. The summed E-state index contributed by atoms with van der Waals surface area (Å²) in [7, 11) is 0. The Balaban J connectivity index is 1.81. The van der Waals surface area contributed by atoms with Crippen molar-refractivity contribution in [2.45, 2.75) is 6.36 Å². The molecule has 1 aromatic heterocycles. The molecule has 12 heteroatoms. The number of hydrogen-bond donors (Lipinski definition) is 1. The standard InChI is InChI=1S/C18H9F3N4O4S/c19-18(20,21)29-13-4-5-14-15(8-13)30-17(23-14)24-16(26)11(9-22)6-10-2-1-3-12(7-10)25(27)28/h1-8H,(H,23,24,26). The van der Waals surface area contributed by atoms with E-state index in [0.717, 1.165) is 23.5 Å². The van der Waals surface area contributed by atoms with E-state index in [1.54, 1.807) is 6.07 Å². The Labute approximate surface area is 170 Å². The SMILES string of the molecule is N#CC(=Cc1cccc([N+](=O)[O-])c1)C(=O)Nc1nc2ccc(OC(F)(F)F)cc2s1. The highest BCUT2D eigenvalue weighted by atomic mass is 32.1. The number of rotatable bonds is 5. The average molecular weight is 434 g/mol. The number of amides is 1. The first-order chi connectivity index (χ1) is 14.1. The van der Waals surface area contributed by atoms with Crippen molar-refractivity contribution in [1.82, 2.24) is 4.98 Å². The number of ether oxygens (including phenoxy) is 1. The molecule has 2 aromatic carbocycles. The number of anilines is 1. The number of benzene rings is 2. The highest BCUT2D eigenvalue weighted by Gasteiger charge is 2.31. The number of fused-ring (bicyclic) bond motifs is 1. The van der Waals surface area contributed by atoms with Crippen LogP contribution in [0.25, 0.3) is 16.3 Å². The van der Waals surface area contributed by atoms with Crippen molar-refractivity contribution >= 4 is 44.4 Å². The van der Waals surface area contributed by atoms with Gasteiger partial charge in [-0.2, -0.15) is 5.26 Å². The molecule has 0 aliphatic heterocycles. The van der Waals surface area contributed by atoms with E-state index in [2.05, 4.69) is 15.0 Å². The van der Waals surface area contributed by atoms with Gasteiger partial charge in [0, 0.05) is 18.2 Å². The first kappa shape index (κ1) is 20.7. The number of hydrogen-bond acceptors (Lipinski definition) is 7. The minimum absolute atomic E-state index is 0.0550. The smallest absolute Gasteiger partial charge is 0.406 e. The number of carbonyl (C=O) groups is 1. The number of nitro benzene ring substituents is 1. The molecule has 0 bridgehead atoms. The van der Waals surface area contributed by atoms with Gasteiger partial charge < -0.3 is 4.74 Å². The van der Waals surface area contributed by atoms with Crippen LogP contribution in [0.2, 0.25) is 0 Å². The first-order valence-corrected chi connectivity index (χ1v) is 8.80. The minimum Gasteiger partial charge on any atom is -0.406 e. The number of nitrogens with one attached hydrogen (secondary N) is 1. The fraction of sp³-hybridized carbons (Fsp3) is 0.0556. The molecular formula is C18H9F3N4O4S. The quantitative estimate of drug-likeness (QED) is 0.270. The summed E-state index contributed by atoms with van der Waals surface area (Å²) in [5.41, 5.74) is 0.0560.